The number of methoxy groups -OCH3 is 1. The number of ether oxygens (including phenoxy) is 6. The second-order valence-corrected chi connectivity index (χ2v) is 12.8. The minimum atomic E-state index is -0.732. The van der Waals surface area contributed by atoms with Gasteiger partial charge in [0, 0.05) is 20.2 Å². The third-order valence-electron chi connectivity index (χ3n) is 9.01. The molecule has 3 aliphatic rings. The maximum atomic E-state index is 12.6. The van der Waals surface area contributed by atoms with Gasteiger partial charge in [-0.25, -0.2) is 4.79 Å². The molecular weight excluding hydrogens is 608 g/mol. The molecule has 1 spiro atoms. The van der Waals surface area contributed by atoms with E-state index in [-0.39, 0.29) is 68.4 Å². The lowest BCUT2D eigenvalue weighted by atomic mass is 9.68. The van der Waals surface area contributed by atoms with Gasteiger partial charge >= 0.3 is 6.09 Å². The van der Waals surface area contributed by atoms with Crippen molar-refractivity contribution in [3.8, 4) is 0 Å². The smallest absolute Gasteiger partial charge is 0.407 e. The molecule has 1 saturated carbocycles. The van der Waals surface area contributed by atoms with Crippen molar-refractivity contribution in [2.24, 2.45) is 11.7 Å². The number of epoxide rings is 2. The van der Waals surface area contributed by atoms with Crippen molar-refractivity contribution < 1.29 is 42.8 Å². The molecule has 1 aromatic rings. The standard InChI is InChI=1S/C34H52N4O9/c1-23(2)10-11-27-33(3,47-27)30-29(42-4)26(12-13-34(30)22-45-34)46-32(41)37-15-17-44-19-18-43-16-14-36-28(39)21-38-31(40)25(35)20-24-8-6-5-7-9-24/h5-10,25-27,29-30H,11-22,35H2,1-4H3,(H,36,39)(H,37,41)(H,38,40)/t25-,26?,27+,29?,30?,33?,34-/m0/s1. The Balaban J connectivity index is 1.02. The predicted octanol–water partition coefficient (Wildman–Crippen LogP) is 1.62. The van der Waals surface area contributed by atoms with Crippen molar-refractivity contribution >= 4 is 17.9 Å². The van der Waals surface area contributed by atoms with Crippen molar-refractivity contribution in [3.05, 3.63) is 47.5 Å². The van der Waals surface area contributed by atoms with Gasteiger partial charge in [0.15, 0.2) is 0 Å². The van der Waals surface area contributed by atoms with Gasteiger partial charge in [-0.05, 0) is 52.0 Å². The molecule has 3 amide bonds. The number of allylic oxidation sites excluding steroid dienone is 1. The van der Waals surface area contributed by atoms with Crippen LogP contribution in [0, 0.1) is 5.92 Å². The number of carbonyl (C=O) groups excluding carboxylic acids is 3. The lowest BCUT2D eigenvalue weighted by Gasteiger charge is -2.42. The molecule has 0 aromatic heterocycles. The van der Waals surface area contributed by atoms with Crippen molar-refractivity contribution in [1.29, 1.82) is 0 Å². The highest BCUT2D eigenvalue weighted by atomic mass is 16.6. The molecule has 262 valence electrons. The number of carbonyl (C=O) groups is 3. The van der Waals surface area contributed by atoms with Crippen LogP contribution in [0.1, 0.15) is 45.6 Å². The monoisotopic (exact) mass is 660 g/mol. The lowest BCUT2D eigenvalue weighted by molar-refractivity contribution is -0.126. The molecular formula is C34H52N4O9. The summed E-state index contributed by atoms with van der Waals surface area (Å²) < 4.78 is 34.9. The van der Waals surface area contributed by atoms with Crippen LogP contribution in [0.25, 0.3) is 0 Å². The topological polar surface area (TPSA) is 175 Å². The van der Waals surface area contributed by atoms with E-state index in [1.807, 2.05) is 30.3 Å². The molecule has 2 aliphatic heterocycles. The van der Waals surface area contributed by atoms with Crippen molar-refractivity contribution in [2.75, 3.05) is 59.8 Å². The van der Waals surface area contributed by atoms with E-state index in [0.717, 1.165) is 18.4 Å². The molecule has 2 heterocycles. The van der Waals surface area contributed by atoms with Crippen LogP contribution < -0.4 is 21.7 Å². The second-order valence-electron chi connectivity index (χ2n) is 12.8. The Bertz CT molecular complexity index is 1210. The van der Waals surface area contributed by atoms with Crippen LogP contribution in [0.15, 0.2) is 42.0 Å². The number of rotatable bonds is 19. The van der Waals surface area contributed by atoms with E-state index in [4.69, 9.17) is 34.2 Å². The maximum absolute atomic E-state index is 12.6. The van der Waals surface area contributed by atoms with Gasteiger partial charge in [0.05, 0.1) is 57.6 Å². The fraction of sp³-hybridized carbons (Fsp3) is 0.676. The van der Waals surface area contributed by atoms with Gasteiger partial charge in [-0.15, -0.1) is 0 Å². The van der Waals surface area contributed by atoms with Crippen molar-refractivity contribution in [2.45, 2.75) is 82.0 Å². The van der Waals surface area contributed by atoms with Crippen LogP contribution in [-0.2, 0) is 44.4 Å². The summed E-state index contributed by atoms with van der Waals surface area (Å²) in [5, 5.41) is 7.97. The number of benzene rings is 1. The summed E-state index contributed by atoms with van der Waals surface area (Å²) in [6.07, 6.45) is 3.69. The summed E-state index contributed by atoms with van der Waals surface area (Å²) in [5.74, 6) is -0.748. The quantitative estimate of drug-likeness (QED) is 0.0970. The lowest BCUT2D eigenvalue weighted by Crippen LogP contribution is -2.56. The van der Waals surface area contributed by atoms with E-state index in [1.165, 1.54) is 5.57 Å². The van der Waals surface area contributed by atoms with E-state index in [1.54, 1.807) is 7.11 Å². The van der Waals surface area contributed by atoms with Crippen LogP contribution in [0.4, 0.5) is 4.79 Å². The van der Waals surface area contributed by atoms with Crippen LogP contribution in [-0.4, -0.2) is 113 Å². The van der Waals surface area contributed by atoms with Gasteiger partial charge in [0.2, 0.25) is 11.8 Å². The molecule has 2 saturated heterocycles. The Morgan fingerprint density at radius 2 is 1.72 bits per heavy atom. The number of nitrogens with one attached hydrogen (secondary N) is 3. The highest BCUT2D eigenvalue weighted by Crippen LogP contribution is 2.59. The zero-order valence-electron chi connectivity index (χ0n) is 28.1. The minimum absolute atomic E-state index is 0.0336. The van der Waals surface area contributed by atoms with Crippen LogP contribution in [0.5, 0.6) is 0 Å². The summed E-state index contributed by atoms with van der Waals surface area (Å²) in [4.78, 5) is 36.7. The SMILES string of the molecule is COC1C(OC(=O)NCCOCCOCCNC(=O)CNC(=O)[C@@H](N)Cc2ccccc2)CC[C@]2(CO2)C1C1(C)O[C@@H]1CC=C(C)C. The molecule has 4 unspecified atom stereocenters. The first kappa shape index (κ1) is 36.8. The van der Waals surface area contributed by atoms with Gasteiger partial charge in [-0.2, -0.15) is 0 Å². The first-order chi connectivity index (χ1) is 22.6. The van der Waals surface area contributed by atoms with Crippen LogP contribution >= 0.6 is 0 Å². The summed E-state index contributed by atoms with van der Waals surface area (Å²) in [6, 6.07) is 8.72. The molecule has 13 nitrogen and oxygen atoms in total. The second kappa shape index (κ2) is 17.4. The van der Waals surface area contributed by atoms with Gasteiger partial charge < -0.3 is 50.1 Å². The van der Waals surface area contributed by atoms with Gasteiger partial charge in [0.25, 0.3) is 0 Å². The highest BCUT2D eigenvalue weighted by Gasteiger charge is 2.72. The number of amides is 3. The first-order valence-corrected chi connectivity index (χ1v) is 16.5. The maximum Gasteiger partial charge on any atom is 0.407 e. The van der Waals surface area contributed by atoms with E-state index < -0.39 is 23.8 Å². The zero-order valence-corrected chi connectivity index (χ0v) is 28.1. The molecule has 1 aliphatic carbocycles. The third kappa shape index (κ3) is 10.7. The molecule has 13 heteroatoms. The number of hydrogen-bond acceptors (Lipinski definition) is 10. The van der Waals surface area contributed by atoms with Gasteiger partial charge in [-0.1, -0.05) is 42.0 Å². The first-order valence-electron chi connectivity index (χ1n) is 16.5. The normalized spacial score (nSPS) is 28.2. The summed E-state index contributed by atoms with van der Waals surface area (Å²) in [5.41, 5.74) is 7.47. The van der Waals surface area contributed by atoms with Crippen molar-refractivity contribution in [3.63, 3.8) is 0 Å². The molecule has 47 heavy (non-hydrogen) atoms. The molecule has 7 atom stereocenters. The van der Waals surface area contributed by atoms with E-state index >= 15 is 0 Å². The van der Waals surface area contributed by atoms with E-state index in [2.05, 4.69) is 42.8 Å². The highest BCUT2D eigenvalue weighted by molar-refractivity contribution is 5.87. The molecule has 0 radical (unpaired) electrons. The molecule has 4 rings (SSSR count). The van der Waals surface area contributed by atoms with Crippen LogP contribution in [0.2, 0.25) is 0 Å². The average molecular weight is 661 g/mol. The Labute approximate surface area is 277 Å². The number of alkyl carbamates (subject to hydrolysis) is 1. The number of hydrogen-bond donors (Lipinski definition) is 4. The van der Waals surface area contributed by atoms with E-state index in [0.29, 0.717) is 32.7 Å². The third-order valence-corrected chi connectivity index (χ3v) is 9.01. The average Bonchev–Trinajstić information content (AvgIpc) is 3.97. The van der Waals surface area contributed by atoms with Gasteiger partial charge in [0.1, 0.15) is 23.4 Å². The van der Waals surface area contributed by atoms with Crippen LogP contribution in [0.3, 0.4) is 0 Å². The van der Waals surface area contributed by atoms with Gasteiger partial charge in [-0.3, -0.25) is 9.59 Å². The fourth-order valence-electron chi connectivity index (χ4n) is 6.38. The van der Waals surface area contributed by atoms with E-state index in [9.17, 15) is 14.4 Å². The Kier molecular flexibility index (Phi) is 13.6. The predicted molar refractivity (Wildman–Crippen MR) is 174 cm³/mol. The van der Waals surface area contributed by atoms with Crippen molar-refractivity contribution in [1.82, 2.24) is 16.0 Å². The summed E-state index contributed by atoms with van der Waals surface area (Å²) in [6.45, 7) is 8.58. The Morgan fingerprint density at radius 1 is 1.04 bits per heavy atom. The molecule has 5 N–H and O–H groups in total. The Hall–Kier alpha value is -3.07. The minimum Gasteiger partial charge on any atom is -0.443 e. The molecule has 3 fully saturated rings. The number of nitrogens with two attached hydrogens (primary N) is 1. The largest absolute Gasteiger partial charge is 0.443 e. The molecule has 0 bridgehead atoms. The Morgan fingerprint density at radius 3 is 2.36 bits per heavy atom. The molecule has 1 aromatic carbocycles. The summed E-state index contributed by atoms with van der Waals surface area (Å²) in [7, 11) is 1.65. The summed E-state index contributed by atoms with van der Waals surface area (Å²) >= 11 is 0. The fourth-order valence-corrected chi connectivity index (χ4v) is 6.38. The zero-order chi connectivity index (χ0) is 33.9.